The van der Waals surface area contributed by atoms with E-state index in [2.05, 4.69) is 22.3 Å². The van der Waals surface area contributed by atoms with Crippen LogP contribution in [0, 0.1) is 12.7 Å². The quantitative estimate of drug-likeness (QED) is 0.551. The van der Waals surface area contributed by atoms with Gasteiger partial charge in [0.1, 0.15) is 11.6 Å². The third-order valence-electron chi connectivity index (χ3n) is 6.39. The van der Waals surface area contributed by atoms with Gasteiger partial charge in [0, 0.05) is 44.0 Å². The number of piperazine rings is 1. The summed E-state index contributed by atoms with van der Waals surface area (Å²) in [6, 6.07) is 19.2. The van der Waals surface area contributed by atoms with Gasteiger partial charge in [-0.25, -0.2) is 4.39 Å². The van der Waals surface area contributed by atoms with Gasteiger partial charge in [-0.2, -0.15) is 0 Å². The fraction of sp³-hybridized carbons (Fsp3) is 0.286. The van der Waals surface area contributed by atoms with E-state index in [1.54, 1.807) is 31.4 Å². The van der Waals surface area contributed by atoms with Crippen molar-refractivity contribution in [1.82, 2.24) is 9.80 Å². The zero-order valence-corrected chi connectivity index (χ0v) is 20.1. The molecule has 0 bridgehead atoms. The SMILES string of the molecule is COc1ccc(CCN2CCN(C(=O)c3ccc(C)c(NC(=O)c4ccccc4F)c3)CC2)cc1. The van der Waals surface area contributed by atoms with Crippen LogP contribution in [0.5, 0.6) is 5.75 Å². The number of benzene rings is 3. The highest BCUT2D eigenvalue weighted by Gasteiger charge is 2.23. The van der Waals surface area contributed by atoms with Gasteiger partial charge in [0.25, 0.3) is 11.8 Å². The van der Waals surface area contributed by atoms with Crippen LogP contribution in [0.1, 0.15) is 31.8 Å². The second-order valence-corrected chi connectivity index (χ2v) is 8.70. The normalized spacial score (nSPS) is 14.0. The summed E-state index contributed by atoms with van der Waals surface area (Å²) in [5.74, 6) is -0.339. The van der Waals surface area contributed by atoms with Crippen LogP contribution in [-0.4, -0.2) is 61.4 Å². The summed E-state index contributed by atoms with van der Waals surface area (Å²) in [4.78, 5) is 29.9. The van der Waals surface area contributed by atoms with Gasteiger partial charge in [0.15, 0.2) is 0 Å². The number of halogens is 1. The molecule has 0 unspecified atom stereocenters. The summed E-state index contributed by atoms with van der Waals surface area (Å²) < 4.78 is 19.2. The van der Waals surface area contributed by atoms with Crippen LogP contribution >= 0.6 is 0 Å². The molecule has 7 heteroatoms. The van der Waals surface area contributed by atoms with Crippen LogP contribution in [0.3, 0.4) is 0 Å². The monoisotopic (exact) mass is 475 g/mol. The molecule has 6 nitrogen and oxygen atoms in total. The topological polar surface area (TPSA) is 61.9 Å². The van der Waals surface area contributed by atoms with E-state index >= 15 is 0 Å². The van der Waals surface area contributed by atoms with Crippen LogP contribution in [0.4, 0.5) is 10.1 Å². The maximum atomic E-state index is 14.0. The third-order valence-corrected chi connectivity index (χ3v) is 6.39. The number of hydrogen-bond donors (Lipinski definition) is 1. The Morgan fingerprint density at radius 1 is 0.971 bits per heavy atom. The Hall–Kier alpha value is -3.71. The lowest BCUT2D eigenvalue weighted by atomic mass is 10.1. The Kier molecular flexibility index (Phi) is 7.77. The first kappa shape index (κ1) is 24.4. The number of hydrogen-bond acceptors (Lipinski definition) is 4. The standard InChI is InChI=1S/C28H30FN3O3/c1-20-7-10-22(19-26(20)30-27(33)24-5-3-4-6-25(24)29)28(34)32-17-15-31(16-18-32)14-13-21-8-11-23(35-2)12-9-21/h3-12,19H,13-18H2,1-2H3,(H,30,33). The summed E-state index contributed by atoms with van der Waals surface area (Å²) in [6.07, 6.45) is 0.945. The highest BCUT2D eigenvalue weighted by Crippen LogP contribution is 2.21. The Morgan fingerprint density at radius 2 is 1.69 bits per heavy atom. The lowest BCUT2D eigenvalue weighted by Gasteiger charge is -2.35. The van der Waals surface area contributed by atoms with Gasteiger partial charge in [0.05, 0.1) is 12.7 Å². The summed E-state index contributed by atoms with van der Waals surface area (Å²) in [5.41, 5.74) is 3.03. The molecule has 1 heterocycles. The number of carbonyl (C=O) groups excluding carboxylic acids is 2. The lowest BCUT2D eigenvalue weighted by Crippen LogP contribution is -2.49. The number of methoxy groups -OCH3 is 1. The molecule has 182 valence electrons. The predicted octanol–water partition coefficient (Wildman–Crippen LogP) is 4.40. The molecule has 0 aliphatic carbocycles. The highest BCUT2D eigenvalue weighted by atomic mass is 19.1. The van der Waals surface area contributed by atoms with E-state index in [-0.39, 0.29) is 11.5 Å². The van der Waals surface area contributed by atoms with Crippen molar-refractivity contribution in [2.75, 3.05) is 45.2 Å². The molecule has 2 amide bonds. The van der Waals surface area contributed by atoms with Crippen molar-refractivity contribution in [1.29, 1.82) is 0 Å². The van der Waals surface area contributed by atoms with Gasteiger partial charge < -0.3 is 15.0 Å². The predicted molar refractivity (Wildman–Crippen MR) is 135 cm³/mol. The largest absolute Gasteiger partial charge is 0.497 e. The first-order chi connectivity index (χ1) is 16.9. The highest BCUT2D eigenvalue weighted by molar-refractivity contribution is 6.05. The lowest BCUT2D eigenvalue weighted by molar-refractivity contribution is 0.0638. The minimum absolute atomic E-state index is 0.0330. The average molecular weight is 476 g/mol. The molecule has 4 rings (SSSR count). The van der Waals surface area contributed by atoms with E-state index in [4.69, 9.17) is 4.74 Å². The molecule has 1 aliphatic rings. The van der Waals surface area contributed by atoms with Crippen molar-refractivity contribution in [2.45, 2.75) is 13.3 Å². The molecule has 3 aromatic rings. The van der Waals surface area contributed by atoms with E-state index in [0.29, 0.717) is 24.3 Å². The summed E-state index contributed by atoms with van der Waals surface area (Å²) in [7, 11) is 1.66. The molecular formula is C28H30FN3O3. The smallest absolute Gasteiger partial charge is 0.258 e. The molecule has 35 heavy (non-hydrogen) atoms. The second kappa shape index (κ2) is 11.1. The second-order valence-electron chi connectivity index (χ2n) is 8.70. The number of carbonyl (C=O) groups is 2. The molecular weight excluding hydrogens is 445 g/mol. The van der Waals surface area contributed by atoms with Crippen molar-refractivity contribution in [3.05, 3.63) is 94.8 Å². The van der Waals surface area contributed by atoms with Crippen molar-refractivity contribution in [3.8, 4) is 5.75 Å². The van der Waals surface area contributed by atoms with Gasteiger partial charge in [-0.3, -0.25) is 14.5 Å². The Balaban J connectivity index is 1.33. The fourth-order valence-electron chi connectivity index (χ4n) is 4.16. The fourth-order valence-corrected chi connectivity index (χ4v) is 4.16. The van der Waals surface area contributed by atoms with Crippen molar-refractivity contribution < 1.29 is 18.7 Å². The van der Waals surface area contributed by atoms with Crippen LogP contribution in [0.15, 0.2) is 66.7 Å². The van der Waals surface area contributed by atoms with Crippen LogP contribution < -0.4 is 10.1 Å². The van der Waals surface area contributed by atoms with Crippen LogP contribution in [0.25, 0.3) is 0 Å². The van der Waals surface area contributed by atoms with E-state index in [1.165, 1.54) is 23.8 Å². The van der Waals surface area contributed by atoms with Gasteiger partial charge in [-0.05, 0) is 60.9 Å². The number of nitrogens with one attached hydrogen (secondary N) is 1. The number of rotatable bonds is 7. The summed E-state index contributed by atoms with van der Waals surface area (Å²) >= 11 is 0. The molecule has 0 radical (unpaired) electrons. The van der Waals surface area contributed by atoms with Crippen LogP contribution in [0.2, 0.25) is 0 Å². The summed E-state index contributed by atoms with van der Waals surface area (Å²) in [6.45, 7) is 5.69. The Labute approximate surface area is 205 Å². The van der Waals surface area contributed by atoms with Crippen molar-refractivity contribution in [2.24, 2.45) is 0 Å². The molecule has 0 atom stereocenters. The molecule has 0 saturated carbocycles. The first-order valence-electron chi connectivity index (χ1n) is 11.8. The third kappa shape index (κ3) is 6.05. The van der Waals surface area contributed by atoms with Crippen LogP contribution in [-0.2, 0) is 6.42 Å². The molecule has 1 aliphatic heterocycles. The van der Waals surface area contributed by atoms with Crippen molar-refractivity contribution >= 4 is 17.5 Å². The zero-order valence-electron chi connectivity index (χ0n) is 20.1. The van der Waals surface area contributed by atoms with Gasteiger partial charge >= 0.3 is 0 Å². The number of amides is 2. The molecule has 1 fully saturated rings. The number of ether oxygens (including phenoxy) is 1. The Bertz CT molecular complexity index is 1190. The van der Waals surface area contributed by atoms with E-state index in [1.807, 2.05) is 24.0 Å². The van der Waals surface area contributed by atoms with Gasteiger partial charge in [-0.15, -0.1) is 0 Å². The molecule has 3 aromatic carbocycles. The van der Waals surface area contributed by atoms with Gasteiger partial charge in [-0.1, -0.05) is 30.3 Å². The minimum atomic E-state index is -0.584. The first-order valence-corrected chi connectivity index (χ1v) is 11.8. The van der Waals surface area contributed by atoms with Gasteiger partial charge in [0.2, 0.25) is 0 Å². The molecule has 0 spiro atoms. The van der Waals surface area contributed by atoms with E-state index in [0.717, 1.165) is 37.4 Å². The number of aryl methyl sites for hydroxylation is 1. The average Bonchev–Trinajstić information content (AvgIpc) is 2.89. The Morgan fingerprint density at radius 3 is 2.37 bits per heavy atom. The molecule has 1 saturated heterocycles. The summed E-state index contributed by atoms with van der Waals surface area (Å²) in [5, 5.41) is 2.75. The van der Waals surface area contributed by atoms with E-state index < -0.39 is 11.7 Å². The zero-order chi connectivity index (χ0) is 24.8. The maximum Gasteiger partial charge on any atom is 0.258 e. The maximum absolute atomic E-state index is 14.0. The van der Waals surface area contributed by atoms with E-state index in [9.17, 15) is 14.0 Å². The number of anilines is 1. The molecule has 0 aromatic heterocycles. The molecule has 1 N–H and O–H groups in total. The minimum Gasteiger partial charge on any atom is -0.497 e. The number of nitrogens with zero attached hydrogens (tertiary/aromatic N) is 2. The van der Waals surface area contributed by atoms with Crippen molar-refractivity contribution in [3.63, 3.8) is 0 Å².